The fourth-order valence-corrected chi connectivity index (χ4v) is 3.79. The summed E-state index contributed by atoms with van der Waals surface area (Å²) in [6.07, 6.45) is 10.4. The molecule has 0 radical (unpaired) electrons. The first kappa shape index (κ1) is 13.4. The minimum absolute atomic E-state index is 0.0242. The number of carbonyl (C=O) groups excluding carboxylic acids is 1. The third-order valence-electron chi connectivity index (χ3n) is 4.80. The molecule has 1 saturated carbocycles. The molecule has 1 atom stereocenters. The molecule has 1 aliphatic carbocycles. The Bertz CT molecular complexity index is 482. The molecule has 2 aliphatic rings. The van der Waals surface area contributed by atoms with Gasteiger partial charge in [-0.3, -0.25) is 4.79 Å². The molecule has 2 heterocycles. The van der Waals surface area contributed by atoms with Gasteiger partial charge < -0.3 is 10.6 Å². The summed E-state index contributed by atoms with van der Waals surface area (Å²) in [5.41, 5.74) is 6.82. The maximum Gasteiger partial charge on any atom is 0.274 e. The van der Waals surface area contributed by atoms with E-state index in [-0.39, 0.29) is 5.91 Å². The second kappa shape index (κ2) is 5.81. The van der Waals surface area contributed by atoms with Crippen molar-refractivity contribution in [3.8, 4) is 0 Å². The number of hydrogen-bond acceptors (Lipinski definition) is 3. The SMILES string of the molecule is Nc1cccnc1C(=O)N1CCCC1C1CCCCC1. The van der Waals surface area contributed by atoms with E-state index in [1.54, 1.807) is 18.3 Å². The van der Waals surface area contributed by atoms with E-state index in [1.807, 2.05) is 4.90 Å². The molecule has 1 aliphatic heterocycles. The third kappa shape index (κ3) is 2.51. The second-order valence-electron chi connectivity index (χ2n) is 6.05. The molecule has 1 aromatic rings. The minimum atomic E-state index is 0.0242. The molecule has 0 spiro atoms. The van der Waals surface area contributed by atoms with Gasteiger partial charge in [0.1, 0.15) is 0 Å². The highest BCUT2D eigenvalue weighted by Gasteiger charge is 2.36. The quantitative estimate of drug-likeness (QED) is 0.901. The summed E-state index contributed by atoms with van der Waals surface area (Å²) in [6.45, 7) is 0.857. The van der Waals surface area contributed by atoms with Crippen LogP contribution in [0, 0.1) is 5.92 Å². The van der Waals surface area contributed by atoms with Crippen LogP contribution in [0.2, 0.25) is 0 Å². The fourth-order valence-electron chi connectivity index (χ4n) is 3.79. The lowest BCUT2D eigenvalue weighted by Crippen LogP contribution is -2.41. The number of carbonyl (C=O) groups is 1. The number of likely N-dealkylation sites (tertiary alicyclic amines) is 1. The van der Waals surface area contributed by atoms with Crippen LogP contribution in [0.15, 0.2) is 18.3 Å². The van der Waals surface area contributed by atoms with E-state index in [4.69, 9.17) is 5.73 Å². The molecule has 2 fully saturated rings. The van der Waals surface area contributed by atoms with Crippen LogP contribution in [-0.4, -0.2) is 28.4 Å². The van der Waals surface area contributed by atoms with Crippen LogP contribution >= 0.6 is 0 Å². The number of amides is 1. The van der Waals surface area contributed by atoms with E-state index in [2.05, 4.69) is 4.98 Å². The van der Waals surface area contributed by atoms with Crippen LogP contribution in [0.5, 0.6) is 0 Å². The van der Waals surface area contributed by atoms with Crippen LogP contribution < -0.4 is 5.73 Å². The monoisotopic (exact) mass is 273 g/mol. The predicted molar refractivity (Wildman–Crippen MR) is 79.3 cm³/mol. The van der Waals surface area contributed by atoms with Gasteiger partial charge in [0.2, 0.25) is 0 Å². The maximum absolute atomic E-state index is 12.7. The molecule has 2 N–H and O–H groups in total. The lowest BCUT2D eigenvalue weighted by Gasteiger charge is -2.34. The minimum Gasteiger partial charge on any atom is -0.397 e. The van der Waals surface area contributed by atoms with Crippen LogP contribution in [0.4, 0.5) is 5.69 Å². The van der Waals surface area contributed by atoms with E-state index in [0.717, 1.165) is 19.4 Å². The van der Waals surface area contributed by atoms with Gasteiger partial charge >= 0.3 is 0 Å². The van der Waals surface area contributed by atoms with E-state index in [1.165, 1.54) is 32.1 Å². The van der Waals surface area contributed by atoms with Crippen molar-refractivity contribution in [1.29, 1.82) is 0 Å². The summed E-state index contributed by atoms with van der Waals surface area (Å²) in [5.74, 6) is 0.705. The van der Waals surface area contributed by atoms with Gasteiger partial charge in [0.15, 0.2) is 5.69 Å². The van der Waals surface area contributed by atoms with E-state index in [9.17, 15) is 4.79 Å². The van der Waals surface area contributed by atoms with Crippen molar-refractivity contribution in [3.63, 3.8) is 0 Å². The van der Waals surface area contributed by atoms with Crippen molar-refractivity contribution in [3.05, 3.63) is 24.0 Å². The standard InChI is InChI=1S/C16H23N3O/c17-13-8-4-10-18-15(13)16(20)19-11-5-9-14(19)12-6-2-1-3-7-12/h4,8,10,12,14H,1-3,5-7,9,11,17H2. The summed E-state index contributed by atoms with van der Waals surface area (Å²) in [5, 5.41) is 0. The third-order valence-corrected chi connectivity index (χ3v) is 4.80. The number of nitrogens with zero attached hydrogens (tertiary/aromatic N) is 2. The Morgan fingerprint density at radius 3 is 2.75 bits per heavy atom. The van der Waals surface area contributed by atoms with Crippen LogP contribution in [0.1, 0.15) is 55.4 Å². The zero-order valence-electron chi connectivity index (χ0n) is 11.9. The second-order valence-corrected chi connectivity index (χ2v) is 6.05. The Hall–Kier alpha value is -1.58. The summed E-state index contributed by atoms with van der Waals surface area (Å²) >= 11 is 0. The number of anilines is 1. The summed E-state index contributed by atoms with van der Waals surface area (Å²) in [7, 11) is 0. The largest absolute Gasteiger partial charge is 0.397 e. The van der Waals surface area contributed by atoms with Crippen molar-refractivity contribution in [2.24, 2.45) is 5.92 Å². The topological polar surface area (TPSA) is 59.2 Å². The van der Waals surface area contributed by atoms with Crippen molar-refractivity contribution in [1.82, 2.24) is 9.88 Å². The number of nitrogen functional groups attached to an aromatic ring is 1. The molecule has 1 aromatic heterocycles. The maximum atomic E-state index is 12.7. The molecule has 1 amide bonds. The first-order valence-electron chi connectivity index (χ1n) is 7.79. The van der Waals surface area contributed by atoms with Gasteiger partial charge in [-0.15, -0.1) is 0 Å². The molecule has 1 unspecified atom stereocenters. The summed E-state index contributed by atoms with van der Waals surface area (Å²) in [4.78, 5) is 18.9. The zero-order chi connectivity index (χ0) is 13.9. The van der Waals surface area contributed by atoms with Crippen LogP contribution in [0.25, 0.3) is 0 Å². The summed E-state index contributed by atoms with van der Waals surface area (Å²) < 4.78 is 0. The van der Waals surface area contributed by atoms with Gasteiger partial charge in [-0.1, -0.05) is 19.3 Å². The van der Waals surface area contributed by atoms with Gasteiger partial charge in [0, 0.05) is 18.8 Å². The first-order chi connectivity index (χ1) is 9.77. The highest BCUT2D eigenvalue weighted by molar-refractivity contribution is 5.97. The van der Waals surface area contributed by atoms with Crippen molar-refractivity contribution < 1.29 is 4.79 Å². The number of pyridine rings is 1. The van der Waals surface area contributed by atoms with E-state index < -0.39 is 0 Å². The average molecular weight is 273 g/mol. The van der Waals surface area contributed by atoms with Crippen LogP contribution in [-0.2, 0) is 0 Å². The Morgan fingerprint density at radius 1 is 1.20 bits per heavy atom. The number of hydrogen-bond donors (Lipinski definition) is 1. The highest BCUT2D eigenvalue weighted by Crippen LogP contribution is 2.35. The molecule has 0 aromatic carbocycles. The Labute approximate surface area is 120 Å². The molecule has 3 rings (SSSR count). The smallest absolute Gasteiger partial charge is 0.274 e. The molecule has 0 bridgehead atoms. The first-order valence-corrected chi connectivity index (χ1v) is 7.79. The van der Waals surface area contributed by atoms with Gasteiger partial charge in [0.25, 0.3) is 5.91 Å². The normalized spacial score (nSPS) is 24.0. The number of nitrogens with two attached hydrogens (primary N) is 1. The average Bonchev–Trinajstić information content (AvgIpc) is 2.97. The predicted octanol–water partition coefficient (Wildman–Crippen LogP) is 2.85. The van der Waals surface area contributed by atoms with Crippen molar-refractivity contribution in [2.75, 3.05) is 12.3 Å². The van der Waals surface area contributed by atoms with Crippen molar-refractivity contribution in [2.45, 2.75) is 51.0 Å². The number of aromatic nitrogens is 1. The molecular formula is C16H23N3O. The zero-order valence-corrected chi connectivity index (χ0v) is 11.9. The molecular weight excluding hydrogens is 250 g/mol. The van der Waals surface area contributed by atoms with Gasteiger partial charge in [0.05, 0.1) is 5.69 Å². The van der Waals surface area contributed by atoms with Gasteiger partial charge in [-0.2, -0.15) is 0 Å². The Kier molecular flexibility index (Phi) is 3.90. The van der Waals surface area contributed by atoms with Gasteiger partial charge in [-0.05, 0) is 43.7 Å². The Balaban J connectivity index is 1.78. The van der Waals surface area contributed by atoms with Gasteiger partial charge in [-0.25, -0.2) is 4.98 Å². The Morgan fingerprint density at radius 2 is 2.00 bits per heavy atom. The molecule has 108 valence electrons. The number of rotatable bonds is 2. The molecule has 1 saturated heterocycles. The lowest BCUT2D eigenvalue weighted by atomic mass is 9.83. The van der Waals surface area contributed by atoms with E-state index in [0.29, 0.717) is 23.3 Å². The molecule has 4 heteroatoms. The van der Waals surface area contributed by atoms with Crippen molar-refractivity contribution >= 4 is 11.6 Å². The molecule has 20 heavy (non-hydrogen) atoms. The highest BCUT2D eigenvalue weighted by atomic mass is 16.2. The van der Waals surface area contributed by atoms with E-state index >= 15 is 0 Å². The fraction of sp³-hybridized carbons (Fsp3) is 0.625. The van der Waals surface area contributed by atoms with Crippen LogP contribution in [0.3, 0.4) is 0 Å². The lowest BCUT2D eigenvalue weighted by molar-refractivity contribution is 0.0657. The summed E-state index contributed by atoms with van der Waals surface area (Å²) in [6, 6.07) is 3.94. The molecule has 4 nitrogen and oxygen atoms in total.